The number of alkyl halides is 2. The van der Waals surface area contributed by atoms with Crippen molar-refractivity contribution < 1.29 is 32.6 Å². The first-order valence-corrected chi connectivity index (χ1v) is 6.81. The highest BCUT2D eigenvalue weighted by molar-refractivity contribution is 6.37. The Hall–Kier alpha value is -1.86. The first-order chi connectivity index (χ1) is 10.7. The highest BCUT2D eigenvalue weighted by atomic mass is 35.5. The van der Waals surface area contributed by atoms with Crippen LogP contribution in [0.5, 0.6) is 5.75 Å². The predicted molar refractivity (Wildman–Crippen MR) is 78.8 cm³/mol. The molecule has 0 aromatic heterocycles. The standard InChI is InChI=1S/C14H12Cl2F2O5/c1-6(13(20)21-3)11(22-7(2)19)8-4-9(15)12(10(16)5-8)23-14(17)18/h4-5,11,14H,1H2,2-3H3. The van der Waals surface area contributed by atoms with Gasteiger partial charge in [0.15, 0.2) is 11.9 Å². The fourth-order valence-corrected chi connectivity index (χ4v) is 2.27. The van der Waals surface area contributed by atoms with Crippen molar-refractivity contribution in [3.8, 4) is 5.75 Å². The minimum absolute atomic E-state index is 0.146. The second-order valence-corrected chi connectivity index (χ2v) is 5.01. The van der Waals surface area contributed by atoms with Crippen molar-refractivity contribution in [1.29, 1.82) is 0 Å². The Morgan fingerprint density at radius 3 is 2.13 bits per heavy atom. The molecular weight excluding hydrogens is 357 g/mol. The Morgan fingerprint density at radius 2 is 1.74 bits per heavy atom. The largest absolute Gasteiger partial charge is 0.466 e. The van der Waals surface area contributed by atoms with Gasteiger partial charge in [-0.3, -0.25) is 4.79 Å². The first-order valence-electron chi connectivity index (χ1n) is 6.05. The van der Waals surface area contributed by atoms with Crippen molar-refractivity contribution in [2.75, 3.05) is 7.11 Å². The second-order valence-electron chi connectivity index (χ2n) is 4.20. The predicted octanol–water partition coefficient (Wildman–Crippen LogP) is 3.93. The summed E-state index contributed by atoms with van der Waals surface area (Å²) < 4.78 is 38.3. The molecule has 0 bridgehead atoms. The molecule has 0 amide bonds. The number of carbonyl (C=O) groups is 2. The van der Waals surface area contributed by atoms with Gasteiger partial charge in [0.1, 0.15) is 0 Å². The van der Waals surface area contributed by atoms with Gasteiger partial charge in [-0.1, -0.05) is 29.8 Å². The van der Waals surface area contributed by atoms with E-state index in [1.807, 2.05) is 0 Å². The summed E-state index contributed by atoms with van der Waals surface area (Å²) >= 11 is 11.7. The smallest absolute Gasteiger partial charge is 0.387 e. The molecule has 1 aromatic rings. The molecule has 0 saturated heterocycles. The van der Waals surface area contributed by atoms with Gasteiger partial charge in [0.05, 0.1) is 22.7 Å². The van der Waals surface area contributed by atoms with Crippen LogP contribution in [0.3, 0.4) is 0 Å². The van der Waals surface area contributed by atoms with E-state index in [1.165, 1.54) is 12.1 Å². The molecule has 0 heterocycles. The topological polar surface area (TPSA) is 61.8 Å². The summed E-state index contributed by atoms with van der Waals surface area (Å²) in [5.41, 5.74) is -0.0513. The third-order valence-corrected chi connectivity index (χ3v) is 3.14. The molecule has 0 radical (unpaired) electrons. The summed E-state index contributed by atoms with van der Waals surface area (Å²) in [5, 5.41) is -0.495. The summed E-state index contributed by atoms with van der Waals surface area (Å²) in [5.74, 6) is -1.96. The van der Waals surface area contributed by atoms with Gasteiger partial charge in [-0.05, 0) is 12.1 Å². The maximum absolute atomic E-state index is 12.3. The third kappa shape index (κ3) is 5.07. The van der Waals surface area contributed by atoms with Gasteiger partial charge in [-0.2, -0.15) is 8.78 Å². The normalized spacial score (nSPS) is 11.8. The fourth-order valence-electron chi connectivity index (χ4n) is 1.68. The van der Waals surface area contributed by atoms with E-state index in [1.54, 1.807) is 0 Å². The van der Waals surface area contributed by atoms with Crippen LogP contribution in [0.1, 0.15) is 18.6 Å². The Bertz CT molecular complexity index is 611. The number of halogens is 4. The summed E-state index contributed by atoms with van der Waals surface area (Å²) in [6, 6.07) is 2.35. The Kier molecular flexibility index (Phi) is 6.78. The molecule has 1 atom stereocenters. The number of rotatable bonds is 6. The minimum atomic E-state index is -3.12. The molecule has 9 heteroatoms. The number of hydrogen-bond donors (Lipinski definition) is 0. The highest BCUT2D eigenvalue weighted by Gasteiger charge is 2.27. The van der Waals surface area contributed by atoms with Gasteiger partial charge in [0.25, 0.3) is 0 Å². The van der Waals surface area contributed by atoms with E-state index in [9.17, 15) is 18.4 Å². The van der Waals surface area contributed by atoms with Gasteiger partial charge in [0, 0.05) is 12.5 Å². The van der Waals surface area contributed by atoms with Crippen LogP contribution in [0.4, 0.5) is 8.78 Å². The number of benzene rings is 1. The van der Waals surface area contributed by atoms with E-state index in [-0.39, 0.29) is 21.2 Å². The minimum Gasteiger partial charge on any atom is -0.466 e. The number of hydrogen-bond acceptors (Lipinski definition) is 5. The first kappa shape index (κ1) is 19.2. The lowest BCUT2D eigenvalue weighted by atomic mass is 10.0. The van der Waals surface area contributed by atoms with Crippen molar-refractivity contribution in [2.24, 2.45) is 0 Å². The van der Waals surface area contributed by atoms with E-state index >= 15 is 0 Å². The highest BCUT2D eigenvalue weighted by Crippen LogP contribution is 2.39. The molecule has 0 fully saturated rings. The van der Waals surface area contributed by atoms with Crippen LogP contribution in [-0.4, -0.2) is 25.7 Å². The average Bonchev–Trinajstić information content (AvgIpc) is 2.46. The van der Waals surface area contributed by atoms with Gasteiger partial charge >= 0.3 is 18.6 Å². The van der Waals surface area contributed by atoms with Crippen LogP contribution in [0.15, 0.2) is 24.3 Å². The molecule has 0 aliphatic heterocycles. The molecule has 1 rings (SSSR count). The van der Waals surface area contributed by atoms with Gasteiger partial charge in [-0.15, -0.1) is 0 Å². The lowest BCUT2D eigenvalue weighted by Crippen LogP contribution is -2.17. The maximum atomic E-state index is 12.3. The number of ether oxygens (including phenoxy) is 3. The monoisotopic (exact) mass is 368 g/mol. The Balaban J connectivity index is 3.29. The lowest BCUT2D eigenvalue weighted by molar-refractivity contribution is -0.147. The van der Waals surface area contributed by atoms with Crippen molar-refractivity contribution in [1.82, 2.24) is 0 Å². The van der Waals surface area contributed by atoms with Crippen LogP contribution in [-0.2, 0) is 19.1 Å². The van der Waals surface area contributed by atoms with Crippen LogP contribution < -0.4 is 4.74 Å². The average molecular weight is 369 g/mol. The quantitative estimate of drug-likeness (QED) is 0.562. The number of methoxy groups -OCH3 is 1. The summed E-state index contributed by atoms with van der Waals surface area (Å²) in [4.78, 5) is 22.8. The molecular formula is C14H12Cl2F2O5. The zero-order chi connectivity index (χ0) is 17.7. The fraction of sp³-hybridized carbons (Fsp3) is 0.286. The van der Waals surface area contributed by atoms with E-state index in [0.717, 1.165) is 14.0 Å². The molecule has 5 nitrogen and oxygen atoms in total. The van der Waals surface area contributed by atoms with E-state index in [4.69, 9.17) is 27.9 Å². The van der Waals surface area contributed by atoms with Crippen molar-refractivity contribution in [3.63, 3.8) is 0 Å². The van der Waals surface area contributed by atoms with Gasteiger partial charge in [-0.25, -0.2) is 4.79 Å². The third-order valence-electron chi connectivity index (χ3n) is 2.58. The Labute approximate surface area is 140 Å². The van der Waals surface area contributed by atoms with Gasteiger partial charge < -0.3 is 14.2 Å². The lowest BCUT2D eigenvalue weighted by Gasteiger charge is -2.20. The van der Waals surface area contributed by atoms with Crippen molar-refractivity contribution in [2.45, 2.75) is 19.6 Å². The van der Waals surface area contributed by atoms with Gasteiger partial charge in [0.2, 0.25) is 0 Å². The molecule has 0 saturated carbocycles. The maximum Gasteiger partial charge on any atom is 0.387 e. The van der Waals surface area contributed by atoms with E-state index in [2.05, 4.69) is 16.1 Å². The molecule has 126 valence electrons. The molecule has 0 aliphatic carbocycles. The Morgan fingerprint density at radius 1 is 1.22 bits per heavy atom. The number of carbonyl (C=O) groups excluding carboxylic acids is 2. The van der Waals surface area contributed by atoms with Crippen LogP contribution in [0, 0.1) is 0 Å². The molecule has 1 unspecified atom stereocenters. The summed E-state index contributed by atoms with van der Waals surface area (Å²) in [7, 11) is 1.12. The zero-order valence-electron chi connectivity index (χ0n) is 12.1. The molecule has 0 aliphatic rings. The second kappa shape index (κ2) is 8.12. The van der Waals surface area contributed by atoms with Crippen molar-refractivity contribution in [3.05, 3.63) is 39.9 Å². The van der Waals surface area contributed by atoms with Crippen LogP contribution in [0.2, 0.25) is 10.0 Å². The van der Waals surface area contributed by atoms with Crippen LogP contribution >= 0.6 is 23.2 Å². The molecule has 23 heavy (non-hydrogen) atoms. The molecule has 1 aromatic carbocycles. The van der Waals surface area contributed by atoms with E-state index in [0.29, 0.717) is 0 Å². The van der Waals surface area contributed by atoms with Crippen LogP contribution in [0.25, 0.3) is 0 Å². The molecule has 0 spiro atoms. The van der Waals surface area contributed by atoms with Crippen molar-refractivity contribution >= 4 is 35.1 Å². The van der Waals surface area contributed by atoms with E-state index < -0.39 is 30.4 Å². The SMILES string of the molecule is C=C(C(=O)OC)C(OC(C)=O)c1cc(Cl)c(OC(F)F)c(Cl)c1. The molecule has 0 N–H and O–H groups in total. The zero-order valence-corrected chi connectivity index (χ0v) is 13.6. The summed E-state index contributed by atoms with van der Waals surface area (Å²) in [6.45, 7) is 1.50. The number of esters is 2. The summed E-state index contributed by atoms with van der Waals surface area (Å²) in [6.07, 6.45) is -1.24.